The van der Waals surface area contributed by atoms with E-state index in [0.29, 0.717) is 10.7 Å². The summed E-state index contributed by atoms with van der Waals surface area (Å²) in [6.07, 6.45) is 8.62. The SMILES string of the molecule is CC(C)(C)[S@@](=O)N[C@@H]1c2ccccc2CC12CCN(c1ncc(Sc3cccc(N)c3Cl)c3nccn13)CC2. The lowest BCUT2D eigenvalue weighted by atomic mass is 9.73. The minimum Gasteiger partial charge on any atom is -0.397 e. The normalized spacial score (nSPS) is 19.5. The Balaban J connectivity index is 1.25. The highest BCUT2D eigenvalue weighted by atomic mass is 35.5. The molecule has 1 aliphatic carbocycles. The topological polar surface area (TPSA) is 88.5 Å². The van der Waals surface area contributed by atoms with Gasteiger partial charge in [0.05, 0.1) is 37.4 Å². The van der Waals surface area contributed by atoms with E-state index in [0.717, 1.165) is 53.7 Å². The lowest BCUT2D eigenvalue weighted by Crippen LogP contribution is -2.48. The molecule has 7 nitrogen and oxygen atoms in total. The fraction of sp³-hybridized carbons (Fsp3) is 0.379. The van der Waals surface area contributed by atoms with Crippen molar-refractivity contribution in [1.29, 1.82) is 0 Å². The molecule has 0 amide bonds. The van der Waals surface area contributed by atoms with E-state index in [4.69, 9.17) is 22.3 Å². The third kappa shape index (κ3) is 4.84. The first-order valence-electron chi connectivity index (χ1n) is 13.2. The van der Waals surface area contributed by atoms with Crippen LogP contribution in [0.25, 0.3) is 5.65 Å². The molecule has 3 heterocycles. The molecule has 2 aliphatic rings. The highest BCUT2D eigenvalue weighted by molar-refractivity contribution is 7.99. The molecule has 4 aromatic rings. The van der Waals surface area contributed by atoms with Gasteiger partial charge < -0.3 is 10.6 Å². The van der Waals surface area contributed by atoms with Gasteiger partial charge in [-0.3, -0.25) is 4.40 Å². The van der Waals surface area contributed by atoms with Gasteiger partial charge in [-0.05, 0) is 68.7 Å². The van der Waals surface area contributed by atoms with Gasteiger partial charge >= 0.3 is 0 Å². The number of piperidine rings is 1. The van der Waals surface area contributed by atoms with Crippen LogP contribution >= 0.6 is 23.4 Å². The Morgan fingerprint density at radius 1 is 1.10 bits per heavy atom. The number of nitrogens with one attached hydrogen (secondary N) is 1. The van der Waals surface area contributed by atoms with Gasteiger partial charge in [-0.25, -0.2) is 18.9 Å². The minimum atomic E-state index is -1.15. The molecule has 0 saturated carbocycles. The number of rotatable bonds is 5. The zero-order chi connectivity index (χ0) is 27.4. The second-order valence-electron chi connectivity index (χ2n) is 11.5. The van der Waals surface area contributed by atoms with Crippen LogP contribution in [0.3, 0.4) is 0 Å². The van der Waals surface area contributed by atoms with Gasteiger partial charge in [0.25, 0.3) is 0 Å². The van der Waals surface area contributed by atoms with Crippen molar-refractivity contribution in [3.63, 3.8) is 0 Å². The van der Waals surface area contributed by atoms with Crippen molar-refractivity contribution in [2.45, 2.75) is 60.6 Å². The van der Waals surface area contributed by atoms with E-state index in [1.165, 1.54) is 22.9 Å². The maximum absolute atomic E-state index is 13.2. The molecule has 1 aliphatic heterocycles. The first kappa shape index (κ1) is 26.6. The van der Waals surface area contributed by atoms with Crippen LogP contribution in [0.4, 0.5) is 11.6 Å². The highest BCUT2D eigenvalue weighted by Gasteiger charge is 2.49. The van der Waals surface area contributed by atoms with Crippen molar-refractivity contribution in [3.8, 4) is 0 Å². The molecular formula is C29H33ClN6OS2. The fourth-order valence-corrected chi connectivity index (χ4v) is 7.92. The van der Waals surface area contributed by atoms with Crippen molar-refractivity contribution in [3.05, 3.63) is 77.2 Å². The van der Waals surface area contributed by atoms with Crippen molar-refractivity contribution >= 4 is 51.6 Å². The Kier molecular flexibility index (Phi) is 6.90. The number of anilines is 2. The number of nitrogens with zero attached hydrogens (tertiary/aromatic N) is 4. The summed E-state index contributed by atoms with van der Waals surface area (Å²) >= 11 is 7.98. The zero-order valence-electron chi connectivity index (χ0n) is 22.4. The summed E-state index contributed by atoms with van der Waals surface area (Å²) in [6, 6.07) is 14.4. The molecule has 6 rings (SSSR count). The largest absolute Gasteiger partial charge is 0.397 e. The summed E-state index contributed by atoms with van der Waals surface area (Å²) in [6.45, 7) is 7.80. The van der Waals surface area contributed by atoms with Crippen molar-refractivity contribution in [2.24, 2.45) is 5.41 Å². The molecule has 1 fully saturated rings. The van der Waals surface area contributed by atoms with Crippen molar-refractivity contribution in [1.82, 2.24) is 19.1 Å². The van der Waals surface area contributed by atoms with Gasteiger partial charge in [0, 0.05) is 36.6 Å². The van der Waals surface area contributed by atoms with Gasteiger partial charge in [0.1, 0.15) is 0 Å². The predicted octanol–water partition coefficient (Wildman–Crippen LogP) is 6.05. The van der Waals surface area contributed by atoms with E-state index in [1.54, 1.807) is 6.07 Å². The van der Waals surface area contributed by atoms with Gasteiger partial charge in [-0.1, -0.05) is 53.7 Å². The summed E-state index contributed by atoms with van der Waals surface area (Å²) in [5.41, 5.74) is 10.1. The molecule has 2 aromatic carbocycles. The van der Waals surface area contributed by atoms with Crippen molar-refractivity contribution < 1.29 is 4.21 Å². The number of nitrogens with two attached hydrogens (primary N) is 1. The summed E-state index contributed by atoms with van der Waals surface area (Å²) in [5, 5.41) is 0.547. The quantitative estimate of drug-likeness (QED) is 0.279. The molecule has 0 unspecified atom stereocenters. The van der Waals surface area contributed by atoms with Crippen LogP contribution in [0.1, 0.15) is 50.8 Å². The van der Waals surface area contributed by atoms with Crippen LogP contribution < -0.4 is 15.4 Å². The Hall–Kier alpha value is -2.59. The molecule has 39 heavy (non-hydrogen) atoms. The molecule has 2 aromatic heterocycles. The van der Waals surface area contributed by atoms with E-state index in [1.807, 2.05) is 51.5 Å². The maximum Gasteiger partial charge on any atom is 0.211 e. The van der Waals surface area contributed by atoms with Crippen LogP contribution in [0.2, 0.25) is 5.02 Å². The Labute approximate surface area is 241 Å². The van der Waals surface area contributed by atoms with Crippen LogP contribution in [-0.4, -0.2) is 36.4 Å². The monoisotopic (exact) mass is 580 g/mol. The first-order valence-corrected chi connectivity index (χ1v) is 15.6. The average molecular weight is 581 g/mol. The average Bonchev–Trinajstić information content (AvgIpc) is 3.51. The molecule has 2 atom stereocenters. The molecule has 1 spiro atoms. The number of benzene rings is 2. The Morgan fingerprint density at radius 2 is 1.87 bits per heavy atom. The number of hydrogen-bond acceptors (Lipinski definition) is 6. The van der Waals surface area contributed by atoms with Gasteiger partial charge in [0.15, 0.2) is 5.65 Å². The smallest absolute Gasteiger partial charge is 0.211 e. The molecule has 204 valence electrons. The second kappa shape index (κ2) is 10.1. The molecule has 1 saturated heterocycles. The molecular weight excluding hydrogens is 548 g/mol. The van der Waals surface area contributed by atoms with Gasteiger partial charge in [-0.2, -0.15) is 0 Å². The minimum absolute atomic E-state index is 0.0228. The number of imidazole rings is 1. The second-order valence-corrected chi connectivity index (χ2v) is 14.9. The Bertz CT molecular complexity index is 1560. The number of nitrogen functional groups attached to an aromatic ring is 1. The predicted molar refractivity (Wildman–Crippen MR) is 161 cm³/mol. The van der Waals surface area contributed by atoms with E-state index in [-0.39, 0.29) is 16.2 Å². The lowest BCUT2D eigenvalue weighted by Gasteiger charge is -2.44. The number of fused-ring (bicyclic) bond motifs is 2. The number of halogens is 1. The summed E-state index contributed by atoms with van der Waals surface area (Å²) in [5.74, 6) is 0.888. The van der Waals surface area contributed by atoms with Crippen LogP contribution in [0.5, 0.6) is 0 Å². The molecule has 10 heteroatoms. The van der Waals surface area contributed by atoms with E-state index in [9.17, 15) is 4.21 Å². The first-order chi connectivity index (χ1) is 18.7. The summed E-state index contributed by atoms with van der Waals surface area (Å²) < 4.78 is 18.5. The standard InChI is InChI=1S/C29H33ClN6OS2/c1-28(2,3)39(37)34-25-20-8-5-4-7-19(20)17-29(25)11-14-35(15-12-29)27-33-18-23(26-32-13-16-36(26)27)38-22-10-6-9-21(31)24(22)30/h4-10,13,16,18,25,34H,11-12,14-15,17,31H2,1-3H3/t25-,39-/m1/s1. The fourth-order valence-electron chi connectivity index (χ4n) is 5.79. The Morgan fingerprint density at radius 3 is 2.64 bits per heavy atom. The van der Waals surface area contributed by atoms with Crippen molar-refractivity contribution in [2.75, 3.05) is 23.7 Å². The van der Waals surface area contributed by atoms with Crippen LogP contribution in [0.15, 0.2) is 70.8 Å². The van der Waals surface area contributed by atoms with Gasteiger partial charge in [0.2, 0.25) is 5.95 Å². The third-order valence-electron chi connectivity index (χ3n) is 7.93. The van der Waals surface area contributed by atoms with E-state index in [2.05, 4.69) is 43.3 Å². The summed E-state index contributed by atoms with van der Waals surface area (Å²) in [7, 11) is -1.15. The maximum atomic E-state index is 13.2. The van der Waals surface area contributed by atoms with Crippen LogP contribution in [-0.2, 0) is 17.4 Å². The molecule has 0 radical (unpaired) electrons. The van der Waals surface area contributed by atoms with Crippen LogP contribution in [0, 0.1) is 5.41 Å². The molecule has 0 bridgehead atoms. The zero-order valence-corrected chi connectivity index (χ0v) is 24.7. The van der Waals surface area contributed by atoms with E-state index < -0.39 is 11.0 Å². The van der Waals surface area contributed by atoms with E-state index >= 15 is 0 Å². The van der Waals surface area contributed by atoms with Gasteiger partial charge in [-0.15, -0.1) is 0 Å². The molecule has 3 N–H and O–H groups in total. The summed E-state index contributed by atoms with van der Waals surface area (Å²) in [4.78, 5) is 13.7. The number of hydrogen-bond donors (Lipinski definition) is 2. The third-order valence-corrected chi connectivity index (χ3v) is 11.1. The lowest BCUT2D eigenvalue weighted by molar-refractivity contribution is 0.177. The highest BCUT2D eigenvalue weighted by Crippen LogP contribution is 2.52. The number of aromatic nitrogens is 3.